The molecule has 0 saturated heterocycles. The van der Waals surface area contributed by atoms with Gasteiger partial charge >= 0.3 is 0 Å². The second-order valence-corrected chi connectivity index (χ2v) is 5.08. The number of hydrogen-bond donors (Lipinski definition) is 1. The average Bonchev–Trinajstić information content (AvgIpc) is 2.32. The number of thiocarbonyl (C=S) groups is 1. The van der Waals surface area contributed by atoms with E-state index in [4.69, 9.17) is 22.7 Å². The van der Waals surface area contributed by atoms with Crippen molar-refractivity contribution < 1.29 is 4.74 Å². The summed E-state index contributed by atoms with van der Waals surface area (Å²) in [5, 5.41) is 0. The third-order valence-electron chi connectivity index (χ3n) is 2.40. The van der Waals surface area contributed by atoms with E-state index in [9.17, 15) is 0 Å². The molecule has 18 heavy (non-hydrogen) atoms. The van der Waals surface area contributed by atoms with Gasteiger partial charge in [0.25, 0.3) is 0 Å². The summed E-state index contributed by atoms with van der Waals surface area (Å²) in [4.78, 5) is 4.46. The summed E-state index contributed by atoms with van der Waals surface area (Å²) in [6.45, 7) is 1.92. The Balaban J connectivity index is 2.37. The van der Waals surface area contributed by atoms with Gasteiger partial charge in [-0.05, 0) is 42.8 Å². The maximum Gasteiger partial charge on any atom is 0.229 e. The first-order valence-electron chi connectivity index (χ1n) is 5.27. The molecule has 1 aromatic carbocycles. The molecule has 2 N–H and O–H groups in total. The van der Waals surface area contributed by atoms with Gasteiger partial charge in [0.15, 0.2) is 0 Å². The number of aryl methyl sites for hydroxylation is 1. The van der Waals surface area contributed by atoms with Crippen LogP contribution in [0, 0.1) is 6.92 Å². The second-order valence-electron chi connectivity index (χ2n) is 3.73. The largest absolute Gasteiger partial charge is 0.438 e. The van der Waals surface area contributed by atoms with Crippen molar-refractivity contribution in [1.29, 1.82) is 0 Å². The smallest absolute Gasteiger partial charge is 0.229 e. The number of rotatable bonds is 3. The zero-order valence-electron chi connectivity index (χ0n) is 9.68. The van der Waals surface area contributed by atoms with Crippen molar-refractivity contribution in [3.05, 3.63) is 52.1 Å². The van der Waals surface area contributed by atoms with E-state index < -0.39 is 0 Å². The summed E-state index contributed by atoms with van der Waals surface area (Å²) >= 11 is 8.39. The molecule has 1 heterocycles. The average molecular weight is 323 g/mol. The lowest BCUT2D eigenvalue weighted by atomic mass is 10.1. The topological polar surface area (TPSA) is 48.1 Å². The summed E-state index contributed by atoms with van der Waals surface area (Å²) in [5.74, 6) is 1.12. The van der Waals surface area contributed by atoms with E-state index in [0.717, 1.165) is 10.0 Å². The van der Waals surface area contributed by atoms with Gasteiger partial charge in [-0.15, -0.1) is 0 Å². The molecule has 0 aliphatic heterocycles. The lowest BCUT2D eigenvalue weighted by Gasteiger charge is -2.11. The molecule has 5 heteroatoms. The standard InChI is InChI=1S/C13H11BrN2OS/c1-8-6-7-16-13(11(8)12(15)18)17-10-4-2-9(14)3-5-10/h2-7H,1H3,(H2,15,18). The van der Waals surface area contributed by atoms with Crippen LogP contribution in [0.15, 0.2) is 41.0 Å². The molecule has 0 aliphatic carbocycles. The third kappa shape index (κ3) is 2.86. The van der Waals surface area contributed by atoms with Crippen LogP contribution in [-0.4, -0.2) is 9.97 Å². The van der Waals surface area contributed by atoms with Crippen LogP contribution in [0.4, 0.5) is 0 Å². The van der Waals surface area contributed by atoms with Crippen molar-refractivity contribution >= 4 is 33.1 Å². The number of benzene rings is 1. The van der Waals surface area contributed by atoms with Gasteiger partial charge in [-0.1, -0.05) is 28.1 Å². The van der Waals surface area contributed by atoms with E-state index in [-0.39, 0.29) is 4.99 Å². The van der Waals surface area contributed by atoms with Gasteiger partial charge in [0.05, 0.1) is 5.56 Å². The van der Waals surface area contributed by atoms with Crippen LogP contribution in [0.25, 0.3) is 0 Å². The van der Waals surface area contributed by atoms with Crippen LogP contribution in [0.5, 0.6) is 11.6 Å². The zero-order valence-corrected chi connectivity index (χ0v) is 12.1. The zero-order chi connectivity index (χ0) is 13.1. The van der Waals surface area contributed by atoms with E-state index >= 15 is 0 Å². The van der Waals surface area contributed by atoms with Gasteiger partial charge in [-0.3, -0.25) is 0 Å². The molecule has 0 radical (unpaired) electrons. The Kier molecular flexibility index (Phi) is 3.93. The number of nitrogens with zero attached hydrogens (tertiary/aromatic N) is 1. The minimum atomic E-state index is 0.285. The van der Waals surface area contributed by atoms with E-state index in [2.05, 4.69) is 20.9 Å². The molecule has 0 amide bonds. The van der Waals surface area contributed by atoms with Crippen molar-refractivity contribution in [2.75, 3.05) is 0 Å². The van der Waals surface area contributed by atoms with Crippen LogP contribution in [0.1, 0.15) is 11.1 Å². The Hall–Kier alpha value is -1.46. The molecular formula is C13H11BrN2OS. The molecule has 0 atom stereocenters. The molecular weight excluding hydrogens is 312 g/mol. The molecule has 92 valence electrons. The number of pyridine rings is 1. The van der Waals surface area contributed by atoms with Gasteiger partial charge in [0.2, 0.25) is 5.88 Å². The summed E-state index contributed by atoms with van der Waals surface area (Å²) in [7, 11) is 0. The Morgan fingerprint density at radius 3 is 2.56 bits per heavy atom. The van der Waals surface area contributed by atoms with Crippen LogP contribution in [0.2, 0.25) is 0 Å². The van der Waals surface area contributed by atoms with Crippen molar-refractivity contribution in [1.82, 2.24) is 4.98 Å². The highest BCUT2D eigenvalue weighted by Gasteiger charge is 2.11. The molecule has 0 unspecified atom stereocenters. The lowest BCUT2D eigenvalue weighted by Crippen LogP contribution is -2.13. The number of halogens is 1. The number of hydrogen-bond acceptors (Lipinski definition) is 3. The summed E-state index contributed by atoms with van der Waals surface area (Å²) in [6, 6.07) is 9.33. The van der Waals surface area contributed by atoms with Crippen molar-refractivity contribution in [3.8, 4) is 11.6 Å². The number of ether oxygens (including phenoxy) is 1. The molecule has 0 saturated carbocycles. The summed E-state index contributed by atoms with van der Waals surface area (Å²) in [5.41, 5.74) is 7.32. The Bertz CT molecular complexity index is 584. The Labute approximate surface area is 119 Å². The second kappa shape index (κ2) is 5.46. The molecule has 2 rings (SSSR count). The van der Waals surface area contributed by atoms with Crippen molar-refractivity contribution in [2.24, 2.45) is 5.73 Å². The van der Waals surface area contributed by atoms with Crippen molar-refractivity contribution in [3.63, 3.8) is 0 Å². The van der Waals surface area contributed by atoms with Crippen molar-refractivity contribution in [2.45, 2.75) is 6.92 Å². The van der Waals surface area contributed by atoms with Crippen LogP contribution in [0.3, 0.4) is 0 Å². The molecule has 0 aliphatic rings. The third-order valence-corrected chi connectivity index (χ3v) is 3.13. The first kappa shape index (κ1) is 13.0. The SMILES string of the molecule is Cc1ccnc(Oc2ccc(Br)cc2)c1C(N)=S. The van der Waals surface area contributed by atoms with Gasteiger partial charge in [-0.2, -0.15) is 0 Å². The fourth-order valence-corrected chi connectivity index (χ4v) is 2.04. The minimum Gasteiger partial charge on any atom is -0.438 e. The maximum atomic E-state index is 5.71. The van der Waals surface area contributed by atoms with E-state index in [1.165, 1.54) is 0 Å². The van der Waals surface area contributed by atoms with Crippen LogP contribution >= 0.6 is 28.1 Å². The predicted octanol–water partition coefficient (Wildman–Crippen LogP) is 3.58. The highest BCUT2D eigenvalue weighted by atomic mass is 79.9. The highest BCUT2D eigenvalue weighted by Crippen LogP contribution is 2.26. The fraction of sp³-hybridized carbons (Fsp3) is 0.0769. The van der Waals surface area contributed by atoms with E-state index in [0.29, 0.717) is 17.2 Å². The van der Waals surface area contributed by atoms with Crippen LogP contribution in [-0.2, 0) is 0 Å². The molecule has 2 aromatic rings. The minimum absolute atomic E-state index is 0.285. The number of nitrogens with two attached hydrogens (primary N) is 1. The van der Waals surface area contributed by atoms with Gasteiger partial charge in [0, 0.05) is 10.7 Å². The number of aromatic nitrogens is 1. The fourth-order valence-electron chi connectivity index (χ4n) is 1.52. The first-order chi connectivity index (χ1) is 8.58. The molecule has 3 nitrogen and oxygen atoms in total. The first-order valence-corrected chi connectivity index (χ1v) is 6.47. The van der Waals surface area contributed by atoms with Gasteiger partial charge in [-0.25, -0.2) is 4.98 Å². The molecule has 0 fully saturated rings. The van der Waals surface area contributed by atoms with E-state index in [1.807, 2.05) is 37.3 Å². The Morgan fingerprint density at radius 2 is 1.94 bits per heavy atom. The van der Waals surface area contributed by atoms with Crippen LogP contribution < -0.4 is 10.5 Å². The quantitative estimate of drug-likeness (QED) is 0.877. The van der Waals surface area contributed by atoms with E-state index in [1.54, 1.807) is 6.20 Å². The van der Waals surface area contributed by atoms with Gasteiger partial charge in [0.1, 0.15) is 10.7 Å². The normalized spacial score (nSPS) is 10.1. The summed E-state index contributed by atoms with van der Waals surface area (Å²) < 4.78 is 6.69. The molecule has 0 bridgehead atoms. The highest BCUT2D eigenvalue weighted by molar-refractivity contribution is 9.10. The maximum absolute atomic E-state index is 5.71. The van der Waals surface area contributed by atoms with Gasteiger partial charge < -0.3 is 10.5 Å². The Morgan fingerprint density at radius 1 is 1.28 bits per heavy atom. The predicted molar refractivity (Wildman–Crippen MR) is 79.1 cm³/mol. The monoisotopic (exact) mass is 322 g/mol. The summed E-state index contributed by atoms with van der Waals surface area (Å²) in [6.07, 6.45) is 1.67. The molecule has 1 aromatic heterocycles. The lowest BCUT2D eigenvalue weighted by molar-refractivity contribution is 0.461. The molecule has 0 spiro atoms.